The van der Waals surface area contributed by atoms with Gasteiger partial charge < -0.3 is 10.1 Å². The molecule has 1 aromatic heterocycles. The summed E-state index contributed by atoms with van der Waals surface area (Å²) in [5.74, 6) is -0.402. The molecule has 1 amide bonds. The van der Waals surface area contributed by atoms with Crippen molar-refractivity contribution in [2.75, 3.05) is 5.32 Å². The maximum Gasteiger partial charge on any atom is 0.320 e. The lowest BCUT2D eigenvalue weighted by molar-refractivity contribution is -0.385. The van der Waals surface area contributed by atoms with Gasteiger partial charge in [-0.1, -0.05) is 11.6 Å². The number of nitrogens with zero attached hydrogens (tertiary/aromatic N) is 4. The summed E-state index contributed by atoms with van der Waals surface area (Å²) in [5, 5.41) is 28.9. The molecule has 3 rings (SSSR count). The molecule has 0 spiro atoms. The zero-order chi connectivity index (χ0) is 21.1. The first-order valence-corrected chi connectivity index (χ1v) is 8.33. The van der Waals surface area contributed by atoms with E-state index >= 15 is 0 Å². The number of hydrogen-bond donors (Lipinski definition) is 1. The van der Waals surface area contributed by atoms with Gasteiger partial charge in [0.25, 0.3) is 11.6 Å². The standard InChI is InChI=1S/C17H12ClN5O6/c1-21-16(15(9-19-21)23(27)28)17(24)20-11-6-12(22(25)26)8-14(7-11)29-13-4-2-10(18)3-5-13/h2-9H,1H3,(H,20,24). The Morgan fingerprint density at radius 2 is 1.79 bits per heavy atom. The quantitative estimate of drug-likeness (QED) is 0.472. The van der Waals surface area contributed by atoms with Gasteiger partial charge in [0.15, 0.2) is 0 Å². The highest BCUT2D eigenvalue weighted by Crippen LogP contribution is 2.31. The van der Waals surface area contributed by atoms with Crippen molar-refractivity contribution in [3.8, 4) is 11.5 Å². The van der Waals surface area contributed by atoms with E-state index in [1.54, 1.807) is 24.3 Å². The number of nitrogens with one attached hydrogen (secondary N) is 1. The molecule has 3 aromatic rings. The van der Waals surface area contributed by atoms with Crippen LogP contribution in [0.3, 0.4) is 0 Å². The number of halogens is 1. The van der Waals surface area contributed by atoms with Crippen LogP contribution in [0, 0.1) is 20.2 Å². The number of benzene rings is 2. The fourth-order valence-corrected chi connectivity index (χ4v) is 2.60. The molecule has 0 saturated heterocycles. The van der Waals surface area contributed by atoms with Crippen molar-refractivity contribution in [2.45, 2.75) is 0 Å². The van der Waals surface area contributed by atoms with Gasteiger partial charge in [-0.15, -0.1) is 0 Å². The Labute approximate surface area is 167 Å². The average molecular weight is 418 g/mol. The second-order valence-corrected chi connectivity index (χ2v) is 6.18. The Bertz CT molecular complexity index is 1110. The van der Waals surface area contributed by atoms with Gasteiger partial charge in [0.2, 0.25) is 5.69 Å². The number of carbonyl (C=O) groups excluding carboxylic acids is 1. The molecule has 0 unspecified atom stereocenters. The van der Waals surface area contributed by atoms with Gasteiger partial charge >= 0.3 is 5.69 Å². The number of non-ortho nitro benzene ring substituents is 1. The third-order valence-corrected chi connectivity index (χ3v) is 3.99. The second-order valence-electron chi connectivity index (χ2n) is 5.74. The van der Waals surface area contributed by atoms with Gasteiger partial charge in [0.1, 0.15) is 17.7 Å². The van der Waals surface area contributed by atoms with Gasteiger partial charge in [-0.3, -0.25) is 29.7 Å². The molecule has 0 aliphatic carbocycles. The van der Waals surface area contributed by atoms with E-state index in [0.29, 0.717) is 10.8 Å². The predicted molar refractivity (Wildman–Crippen MR) is 102 cm³/mol. The summed E-state index contributed by atoms with van der Waals surface area (Å²) in [7, 11) is 1.37. The minimum absolute atomic E-state index is 0.0173. The molecule has 11 nitrogen and oxygen atoms in total. The number of nitro benzene ring substituents is 1. The molecule has 0 aliphatic rings. The summed E-state index contributed by atoms with van der Waals surface area (Å²) < 4.78 is 6.62. The molecule has 1 heterocycles. The van der Waals surface area contributed by atoms with Crippen LogP contribution in [0.1, 0.15) is 10.5 Å². The van der Waals surface area contributed by atoms with E-state index in [-0.39, 0.29) is 22.8 Å². The smallest absolute Gasteiger partial charge is 0.320 e. The van der Waals surface area contributed by atoms with Crippen LogP contribution in [0.4, 0.5) is 17.1 Å². The molecule has 0 atom stereocenters. The van der Waals surface area contributed by atoms with Crippen molar-refractivity contribution in [3.05, 3.63) is 79.6 Å². The highest BCUT2D eigenvalue weighted by atomic mass is 35.5. The van der Waals surface area contributed by atoms with Crippen molar-refractivity contribution in [3.63, 3.8) is 0 Å². The Morgan fingerprint density at radius 3 is 2.41 bits per heavy atom. The van der Waals surface area contributed by atoms with E-state index in [1.807, 2.05) is 0 Å². The van der Waals surface area contributed by atoms with Crippen LogP contribution in [0.5, 0.6) is 11.5 Å². The number of rotatable bonds is 6. The van der Waals surface area contributed by atoms with E-state index in [9.17, 15) is 25.0 Å². The number of amides is 1. The third-order valence-electron chi connectivity index (χ3n) is 3.74. The van der Waals surface area contributed by atoms with Gasteiger partial charge in [0.05, 0.1) is 21.6 Å². The van der Waals surface area contributed by atoms with Crippen molar-refractivity contribution >= 4 is 34.6 Å². The Kier molecular flexibility index (Phi) is 5.41. The Hall–Kier alpha value is -3.99. The van der Waals surface area contributed by atoms with Gasteiger partial charge in [-0.25, -0.2) is 0 Å². The van der Waals surface area contributed by atoms with Crippen LogP contribution < -0.4 is 10.1 Å². The van der Waals surface area contributed by atoms with Gasteiger partial charge in [-0.2, -0.15) is 5.10 Å². The number of ether oxygens (including phenoxy) is 1. The molecule has 0 radical (unpaired) electrons. The first-order chi connectivity index (χ1) is 13.7. The molecule has 0 aliphatic heterocycles. The summed E-state index contributed by atoms with van der Waals surface area (Å²) in [5.41, 5.74) is -1.12. The minimum atomic E-state index is -0.852. The van der Waals surface area contributed by atoms with Crippen molar-refractivity contribution < 1.29 is 19.4 Å². The van der Waals surface area contributed by atoms with Crippen molar-refractivity contribution in [1.82, 2.24) is 9.78 Å². The molecule has 1 N–H and O–H groups in total. The van der Waals surface area contributed by atoms with Gasteiger partial charge in [-0.05, 0) is 24.3 Å². The zero-order valence-corrected chi connectivity index (χ0v) is 15.5. The van der Waals surface area contributed by atoms with E-state index in [1.165, 1.54) is 19.2 Å². The highest BCUT2D eigenvalue weighted by molar-refractivity contribution is 6.30. The van der Waals surface area contributed by atoms with E-state index in [4.69, 9.17) is 16.3 Å². The minimum Gasteiger partial charge on any atom is -0.457 e. The molecular formula is C17H12ClN5O6. The summed E-state index contributed by atoms with van der Waals surface area (Å²) >= 11 is 5.81. The molecule has 2 aromatic carbocycles. The fourth-order valence-electron chi connectivity index (χ4n) is 2.47. The number of carbonyl (C=O) groups is 1. The summed E-state index contributed by atoms with van der Waals surface area (Å²) in [6.45, 7) is 0. The van der Waals surface area contributed by atoms with E-state index in [2.05, 4.69) is 10.4 Å². The van der Waals surface area contributed by atoms with Crippen LogP contribution in [-0.2, 0) is 7.05 Å². The van der Waals surface area contributed by atoms with Crippen LogP contribution in [0.15, 0.2) is 48.7 Å². The maximum absolute atomic E-state index is 12.5. The lowest BCUT2D eigenvalue weighted by Crippen LogP contribution is -2.17. The normalized spacial score (nSPS) is 10.4. The lowest BCUT2D eigenvalue weighted by atomic mass is 10.2. The maximum atomic E-state index is 12.5. The summed E-state index contributed by atoms with van der Waals surface area (Å²) in [4.78, 5) is 33.4. The number of aromatic nitrogens is 2. The first kappa shape index (κ1) is 19.8. The number of hydrogen-bond acceptors (Lipinski definition) is 7. The van der Waals surface area contributed by atoms with Crippen LogP contribution in [0.2, 0.25) is 5.02 Å². The first-order valence-electron chi connectivity index (χ1n) is 7.95. The molecule has 148 valence electrons. The Balaban J connectivity index is 1.92. The zero-order valence-electron chi connectivity index (χ0n) is 14.7. The number of aryl methyl sites for hydroxylation is 1. The fraction of sp³-hybridized carbons (Fsp3) is 0.0588. The average Bonchev–Trinajstić information content (AvgIpc) is 3.05. The molecular weight excluding hydrogens is 406 g/mol. The number of nitro groups is 2. The van der Waals surface area contributed by atoms with Gasteiger partial charge in [0, 0.05) is 24.2 Å². The van der Waals surface area contributed by atoms with Crippen LogP contribution in [0.25, 0.3) is 0 Å². The number of anilines is 1. The highest BCUT2D eigenvalue weighted by Gasteiger charge is 2.26. The molecule has 0 saturated carbocycles. The van der Waals surface area contributed by atoms with Crippen molar-refractivity contribution in [2.24, 2.45) is 7.05 Å². The van der Waals surface area contributed by atoms with E-state index in [0.717, 1.165) is 16.9 Å². The molecule has 0 fully saturated rings. The topological polar surface area (TPSA) is 142 Å². The second kappa shape index (κ2) is 7.94. The summed E-state index contributed by atoms with van der Waals surface area (Å²) in [6.07, 6.45) is 0.942. The molecule has 0 bridgehead atoms. The monoisotopic (exact) mass is 417 g/mol. The van der Waals surface area contributed by atoms with E-state index < -0.39 is 21.4 Å². The van der Waals surface area contributed by atoms with Crippen molar-refractivity contribution in [1.29, 1.82) is 0 Å². The lowest BCUT2D eigenvalue weighted by Gasteiger charge is -2.09. The molecule has 12 heteroatoms. The third kappa shape index (κ3) is 4.47. The SMILES string of the molecule is Cn1ncc([N+](=O)[O-])c1C(=O)Nc1cc(Oc2ccc(Cl)cc2)cc([N+](=O)[O-])c1. The Morgan fingerprint density at radius 1 is 1.10 bits per heavy atom. The predicted octanol–water partition coefficient (Wildman–Crippen LogP) is 3.93. The van der Waals surface area contributed by atoms with Crippen LogP contribution in [-0.4, -0.2) is 25.5 Å². The van der Waals surface area contributed by atoms with Crippen LogP contribution >= 0.6 is 11.6 Å². The molecule has 29 heavy (non-hydrogen) atoms. The summed E-state index contributed by atoms with van der Waals surface area (Å²) in [6, 6.07) is 9.93. The largest absolute Gasteiger partial charge is 0.457 e.